The maximum absolute atomic E-state index is 12.7. The molecule has 0 spiro atoms. The van der Waals surface area contributed by atoms with Gasteiger partial charge in [-0.05, 0) is 30.9 Å². The first-order chi connectivity index (χ1) is 9.46. The number of nitrogens with two attached hydrogens (primary N) is 1. The summed E-state index contributed by atoms with van der Waals surface area (Å²) < 4.78 is 32.0. The number of hydrogen-bond acceptors (Lipinski definition) is 4. The number of hydrogen-bond donors (Lipinski definition) is 1. The number of rotatable bonds is 4. The van der Waals surface area contributed by atoms with Gasteiger partial charge in [-0.15, -0.1) is 0 Å². The van der Waals surface area contributed by atoms with Gasteiger partial charge in [0.2, 0.25) is 10.0 Å². The minimum Gasteiger partial charge on any atom is -0.398 e. The van der Waals surface area contributed by atoms with E-state index >= 15 is 0 Å². The van der Waals surface area contributed by atoms with E-state index < -0.39 is 10.0 Å². The summed E-state index contributed by atoms with van der Waals surface area (Å²) in [5.74, 6) is 0.215. The highest BCUT2D eigenvalue weighted by molar-refractivity contribution is 7.89. The van der Waals surface area contributed by atoms with E-state index in [9.17, 15) is 8.42 Å². The first-order valence-electron chi connectivity index (χ1n) is 6.50. The van der Waals surface area contributed by atoms with Gasteiger partial charge in [0.25, 0.3) is 0 Å². The van der Waals surface area contributed by atoms with Gasteiger partial charge in [-0.2, -0.15) is 4.31 Å². The zero-order valence-electron chi connectivity index (χ0n) is 11.4. The Kier molecular flexibility index (Phi) is 4.90. The van der Waals surface area contributed by atoms with E-state index in [1.807, 2.05) is 0 Å². The largest absolute Gasteiger partial charge is 0.398 e. The molecule has 2 rings (SSSR count). The Morgan fingerprint density at radius 1 is 1.50 bits per heavy atom. The lowest BCUT2D eigenvalue weighted by Gasteiger charge is -2.32. The van der Waals surface area contributed by atoms with E-state index in [1.165, 1.54) is 4.31 Å². The normalized spacial score (nSPS) is 21.0. The molecule has 1 fully saturated rings. The van der Waals surface area contributed by atoms with Crippen LogP contribution in [0.2, 0.25) is 5.02 Å². The number of sulfonamides is 1. The second-order valence-corrected chi connectivity index (χ2v) is 7.27. The van der Waals surface area contributed by atoms with Crippen molar-refractivity contribution in [1.29, 1.82) is 0 Å². The first-order valence-corrected chi connectivity index (χ1v) is 8.31. The molecule has 7 heteroatoms. The maximum atomic E-state index is 12.7. The Labute approximate surface area is 124 Å². The van der Waals surface area contributed by atoms with Gasteiger partial charge in [0.15, 0.2) is 0 Å². The van der Waals surface area contributed by atoms with E-state index in [0.29, 0.717) is 19.7 Å². The molecule has 0 saturated carbocycles. The van der Waals surface area contributed by atoms with Crippen molar-refractivity contribution in [3.05, 3.63) is 23.2 Å². The quantitative estimate of drug-likeness (QED) is 0.861. The van der Waals surface area contributed by atoms with E-state index in [-0.39, 0.29) is 21.5 Å². The number of nitrogens with zero attached hydrogens (tertiary/aromatic N) is 1. The van der Waals surface area contributed by atoms with Crippen molar-refractivity contribution in [1.82, 2.24) is 4.31 Å². The van der Waals surface area contributed by atoms with E-state index in [4.69, 9.17) is 22.1 Å². The Bertz CT molecular complexity index is 555. The van der Waals surface area contributed by atoms with Crippen LogP contribution >= 0.6 is 11.6 Å². The van der Waals surface area contributed by atoms with Crippen LogP contribution in [0.1, 0.15) is 12.8 Å². The van der Waals surface area contributed by atoms with Gasteiger partial charge in [0.05, 0.1) is 17.3 Å². The molecular formula is C13H19ClN2O3S. The van der Waals surface area contributed by atoms with Crippen LogP contribution in [0.3, 0.4) is 0 Å². The first kappa shape index (κ1) is 15.6. The smallest absolute Gasteiger partial charge is 0.246 e. The average Bonchev–Trinajstić information content (AvgIpc) is 2.39. The highest BCUT2D eigenvalue weighted by Gasteiger charge is 2.32. The Balaban J connectivity index is 2.30. The molecule has 1 atom stereocenters. The summed E-state index contributed by atoms with van der Waals surface area (Å²) in [5, 5.41) is 0.166. The molecule has 1 aliphatic heterocycles. The maximum Gasteiger partial charge on any atom is 0.246 e. The number of benzene rings is 1. The fraction of sp³-hybridized carbons (Fsp3) is 0.538. The lowest BCUT2D eigenvalue weighted by atomic mass is 10.0. The molecule has 112 valence electrons. The fourth-order valence-corrected chi connectivity index (χ4v) is 4.73. The molecule has 0 bridgehead atoms. The van der Waals surface area contributed by atoms with Crippen molar-refractivity contribution < 1.29 is 13.2 Å². The average molecular weight is 319 g/mol. The van der Waals surface area contributed by atoms with E-state index in [2.05, 4.69) is 0 Å². The molecule has 20 heavy (non-hydrogen) atoms. The summed E-state index contributed by atoms with van der Waals surface area (Å²) in [6.45, 7) is 1.50. The molecule has 0 radical (unpaired) electrons. The SMILES string of the molecule is COCC1CCCN(S(=O)(=O)c2c(N)cccc2Cl)C1. The molecule has 1 saturated heterocycles. The van der Waals surface area contributed by atoms with Crippen molar-refractivity contribution >= 4 is 27.3 Å². The van der Waals surface area contributed by atoms with Gasteiger partial charge in [-0.3, -0.25) is 0 Å². The molecule has 1 heterocycles. The zero-order chi connectivity index (χ0) is 14.8. The van der Waals surface area contributed by atoms with Crippen LogP contribution in [0.15, 0.2) is 23.1 Å². The second kappa shape index (κ2) is 6.30. The predicted molar refractivity (Wildman–Crippen MR) is 79.2 cm³/mol. The molecule has 0 aliphatic carbocycles. The van der Waals surface area contributed by atoms with Crippen LogP contribution < -0.4 is 5.73 Å². The second-order valence-electron chi connectivity index (χ2n) is 4.98. The van der Waals surface area contributed by atoms with Gasteiger partial charge in [-0.25, -0.2) is 8.42 Å². The zero-order valence-corrected chi connectivity index (χ0v) is 13.0. The van der Waals surface area contributed by atoms with Gasteiger partial charge < -0.3 is 10.5 Å². The van der Waals surface area contributed by atoms with Crippen LogP contribution in [-0.2, 0) is 14.8 Å². The van der Waals surface area contributed by atoms with Gasteiger partial charge in [0, 0.05) is 20.2 Å². The Hall–Kier alpha value is -0.820. The molecule has 0 aromatic heterocycles. The number of halogens is 1. The third-order valence-corrected chi connectivity index (χ3v) is 5.89. The van der Waals surface area contributed by atoms with Crippen molar-refractivity contribution in [2.75, 3.05) is 32.5 Å². The van der Waals surface area contributed by atoms with Crippen LogP contribution in [0.25, 0.3) is 0 Å². The van der Waals surface area contributed by atoms with Crippen molar-refractivity contribution in [2.24, 2.45) is 5.92 Å². The Morgan fingerprint density at radius 3 is 2.90 bits per heavy atom. The van der Waals surface area contributed by atoms with Crippen LogP contribution in [0.4, 0.5) is 5.69 Å². The molecule has 2 N–H and O–H groups in total. The standard InChI is InChI=1S/C13H19ClN2O3S/c1-19-9-10-4-3-7-16(8-10)20(17,18)13-11(14)5-2-6-12(13)15/h2,5-6,10H,3-4,7-9,15H2,1H3. The van der Waals surface area contributed by atoms with Crippen LogP contribution in [0, 0.1) is 5.92 Å². The summed E-state index contributed by atoms with van der Waals surface area (Å²) >= 11 is 6.02. The highest BCUT2D eigenvalue weighted by atomic mass is 35.5. The van der Waals surface area contributed by atoms with Crippen LogP contribution in [0.5, 0.6) is 0 Å². The topological polar surface area (TPSA) is 72.6 Å². The van der Waals surface area contributed by atoms with Gasteiger partial charge in [-0.1, -0.05) is 17.7 Å². The summed E-state index contributed by atoms with van der Waals surface area (Å²) in [7, 11) is -2.03. The highest BCUT2D eigenvalue weighted by Crippen LogP contribution is 2.32. The van der Waals surface area contributed by atoms with E-state index in [0.717, 1.165) is 12.8 Å². The monoisotopic (exact) mass is 318 g/mol. The van der Waals surface area contributed by atoms with Crippen molar-refractivity contribution in [3.63, 3.8) is 0 Å². The molecular weight excluding hydrogens is 300 g/mol. The van der Waals surface area contributed by atoms with Crippen molar-refractivity contribution in [2.45, 2.75) is 17.7 Å². The third-order valence-electron chi connectivity index (χ3n) is 3.48. The molecule has 5 nitrogen and oxygen atoms in total. The third kappa shape index (κ3) is 3.09. The number of methoxy groups -OCH3 is 1. The minimum atomic E-state index is -3.65. The Morgan fingerprint density at radius 2 is 2.25 bits per heavy atom. The number of anilines is 1. The lowest BCUT2D eigenvalue weighted by Crippen LogP contribution is -2.41. The molecule has 0 amide bonds. The molecule has 1 aromatic rings. The minimum absolute atomic E-state index is 0.0136. The van der Waals surface area contributed by atoms with Gasteiger partial charge in [0.1, 0.15) is 4.90 Å². The van der Waals surface area contributed by atoms with Crippen molar-refractivity contribution in [3.8, 4) is 0 Å². The van der Waals surface area contributed by atoms with E-state index in [1.54, 1.807) is 25.3 Å². The number of nitrogen functional groups attached to an aromatic ring is 1. The summed E-state index contributed by atoms with van der Waals surface area (Å²) in [6.07, 6.45) is 1.79. The fourth-order valence-electron chi connectivity index (χ4n) is 2.54. The summed E-state index contributed by atoms with van der Waals surface area (Å²) in [4.78, 5) is 0.0136. The lowest BCUT2D eigenvalue weighted by molar-refractivity contribution is 0.118. The number of ether oxygens (including phenoxy) is 1. The summed E-state index contributed by atoms with van der Waals surface area (Å²) in [5.41, 5.74) is 5.98. The van der Waals surface area contributed by atoms with Gasteiger partial charge >= 0.3 is 0 Å². The molecule has 1 unspecified atom stereocenters. The number of piperidine rings is 1. The molecule has 1 aliphatic rings. The summed E-state index contributed by atoms with van der Waals surface area (Å²) in [6, 6.07) is 4.73. The predicted octanol–water partition coefficient (Wildman–Crippen LogP) is 1.97. The van der Waals surface area contributed by atoms with Crippen LogP contribution in [-0.4, -0.2) is 39.5 Å². The molecule has 1 aromatic carbocycles.